The zero-order valence-electron chi connectivity index (χ0n) is 27.6. The van der Waals surface area contributed by atoms with Crippen LogP contribution in [0.4, 0.5) is 0 Å². The van der Waals surface area contributed by atoms with Crippen LogP contribution in [0.25, 0.3) is 89.0 Å². The molecule has 3 nitrogen and oxygen atoms in total. The minimum atomic E-state index is 0.601. The van der Waals surface area contributed by atoms with Crippen molar-refractivity contribution in [3.8, 4) is 73.2 Å². The normalized spacial score (nSPS) is 11.1. The molecule has 0 amide bonds. The predicted molar refractivity (Wildman–Crippen MR) is 209 cm³/mol. The van der Waals surface area contributed by atoms with Crippen molar-refractivity contribution in [1.82, 2.24) is 4.98 Å². The lowest BCUT2D eigenvalue weighted by Crippen LogP contribution is -1.87. The van der Waals surface area contributed by atoms with Crippen LogP contribution in [-0.2, 0) is 0 Å². The van der Waals surface area contributed by atoms with E-state index >= 15 is 0 Å². The summed E-state index contributed by atoms with van der Waals surface area (Å²) in [6.45, 7) is 0. The molecule has 0 saturated carbocycles. The quantitative estimate of drug-likeness (QED) is 0.180. The van der Waals surface area contributed by atoms with E-state index in [1.807, 2.05) is 36.4 Å². The van der Waals surface area contributed by atoms with E-state index in [1.165, 1.54) is 21.9 Å². The molecule has 0 aliphatic heterocycles. The van der Waals surface area contributed by atoms with Crippen LogP contribution in [0.15, 0.2) is 186 Å². The summed E-state index contributed by atoms with van der Waals surface area (Å²) in [6.07, 6.45) is 0. The Morgan fingerprint density at radius 3 is 1.41 bits per heavy atom. The fourth-order valence-electron chi connectivity index (χ4n) is 6.96. The number of hydrogen-bond acceptors (Lipinski definition) is 3. The first-order valence-electron chi connectivity index (χ1n) is 17.0. The maximum absolute atomic E-state index is 9.15. The van der Waals surface area contributed by atoms with Gasteiger partial charge in [-0.2, -0.15) is 5.26 Å². The molecule has 9 aromatic rings. The van der Waals surface area contributed by atoms with Crippen LogP contribution in [0.3, 0.4) is 0 Å². The summed E-state index contributed by atoms with van der Waals surface area (Å²) in [5.74, 6) is 0.601. The van der Waals surface area contributed by atoms with Gasteiger partial charge in [-0.3, -0.25) is 0 Å². The Balaban J connectivity index is 1.06. The Labute approximate surface area is 296 Å². The standard InChI is InChI=1S/C48H30N2O/c49-31-32-15-17-34(18-16-32)35-19-21-37(22-20-35)41-27-28-42(44-14-8-7-13-43(41)44)38-23-25-39(26-24-38)48-50-47-45(36-11-5-2-6-12-36)29-40(30-46(47)51-48)33-9-3-1-4-10-33/h1-30H. The average Bonchev–Trinajstić information content (AvgIpc) is 3.65. The first kappa shape index (κ1) is 30.1. The molecule has 0 saturated heterocycles. The Bertz CT molecular complexity index is 2700. The van der Waals surface area contributed by atoms with Crippen molar-refractivity contribution in [3.63, 3.8) is 0 Å². The Morgan fingerprint density at radius 2 is 0.843 bits per heavy atom. The molecule has 51 heavy (non-hydrogen) atoms. The molecule has 0 spiro atoms. The number of nitriles is 1. The molecule has 238 valence electrons. The molecule has 0 aliphatic rings. The fraction of sp³-hybridized carbons (Fsp3) is 0. The predicted octanol–water partition coefficient (Wildman–Crippen LogP) is 12.9. The highest BCUT2D eigenvalue weighted by atomic mass is 16.3. The molecule has 0 radical (unpaired) electrons. The smallest absolute Gasteiger partial charge is 0.227 e. The van der Waals surface area contributed by atoms with Gasteiger partial charge in [-0.05, 0) is 97.2 Å². The maximum Gasteiger partial charge on any atom is 0.227 e. The van der Waals surface area contributed by atoms with Crippen LogP contribution in [0.1, 0.15) is 5.56 Å². The van der Waals surface area contributed by atoms with Gasteiger partial charge in [0.25, 0.3) is 0 Å². The maximum atomic E-state index is 9.15. The highest BCUT2D eigenvalue weighted by Gasteiger charge is 2.16. The van der Waals surface area contributed by atoms with E-state index in [-0.39, 0.29) is 0 Å². The van der Waals surface area contributed by atoms with E-state index in [4.69, 9.17) is 14.7 Å². The molecule has 0 fully saturated rings. The van der Waals surface area contributed by atoms with Gasteiger partial charge in [0, 0.05) is 11.1 Å². The molecule has 0 atom stereocenters. The molecule has 1 heterocycles. The molecule has 1 aromatic heterocycles. The molecule has 0 aliphatic carbocycles. The van der Waals surface area contributed by atoms with Crippen LogP contribution in [-0.4, -0.2) is 4.98 Å². The van der Waals surface area contributed by atoms with Gasteiger partial charge in [0.15, 0.2) is 5.58 Å². The summed E-state index contributed by atoms with van der Waals surface area (Å²) in [7, 11) is 0. The minimum absolute atomic E-state index is 0.601. The Kier molecular flexibility index (Phi) is 7.54. The SMILES string of the molecule is N#Cc1ccc(-c2ccc(-c3ccc(-c4ccc(-c5nc6c(-c7ccccc7)cc(-c7ccccc7)cc6o5)cc4)c4ccccc34)cc2)cc1. The molecule has 0 N–H and O–H groups in total. The fourth-order valence-corrected chi connectivity index (χ4v) is 6.96. The van der Waals surface area contributed by atoms with Crippen LogP contribution in [0.2, 0.25) is 0 Å². The second-order valence-corrected chi connectivity index (χ2v) is 12.7. The minimum Gasteiger partial charge on any atom is -0.436 e. The van der Waals surface area contributed by atoms with Gasteiger partial charge >= 0.3 is 0 Å². The van der Waals surface area contributed by atoms with E-state index in [1.54, 1.807) is 0 Å². The van der Waals surface area contributed by atoms with Crippen molar-refractivity contribution in [2.75, 3.05) is 0 Å². The first-order chi connectivity index (χ1) is 25.2. The molecule has 0 unspecified atom stereocenters. The van der Waals surface area contributed by atoms with E-state index < -0.39 is 0 Å². The molecule has 3 heteroatoms. The summed E-state index contributed by atoms with van der Waals surface area (Å²) < 4.78 is 6.48. The summed E-state index contributed by atoms with van der Waals surface area (Å²) >= 11 is 0. The first-order valence-corrected chi connectivity index (χ1v) is 17.0. The molecule has 8 aromatic carbocycles. The summed E-state index contributed by atoms with van der Waals surface area (Å²) in [4.78, 5) is 5.05. The van der Waals surface area contributed by atoms with Gasteiger partial charge in [-0.1, -0.05) is 146 Å². The topological polar surface area (TPSA) is 49.8 Å². The lowest BCUT2D eigenvalue weighted by molar-refractivity contribution is 0.620. The van der Waals surface area contributed by atoms with Gasteiger partial charge < -0.3 is 4.42 Å². The van der Waals surface area contributed by atoms with Gasteiger partial charge in [-0.25, -0.2) is 4.98 Å². The van der Waals surface area contributed by atoms with E-state index in [2.05, 4.69) is 152 Å². The summed E-state index contributed by atoms with van der Waals surface area (Å²) in [6, 6.07) is 65.2. The van der Waals surface area contributed by atoms with Gasteiger partial charge in [0.2, 0.25) is 5.89 Å². The molecule has 0 bridgehead atoms. The molecular formula is C48H30N2O. The number of rotatable bonds is 6. The average molecular weight is 651 g/mol. The lowest BCUT2D eigenvalue weighted by Gasteiger charge is -2.13. The lowest BCUT2D eigenvalue weighted by atomic mass is 9.91. The highest BCUT2D eigenvalue weighted by Crippen LogP contribution is 2.39. The second-order valence-electron chi connectivity index (χ2n) is 12.7. The Morgan fingerprint density at radius 1 is 0.392 bits per heavy atom. The number of fused-ring (bicyclic) bond motifs is 2. The van der Waals surface area contributed by atoms with E-state index in [9.17, 15) is 0 Å². The van der Waals surface area contributed by atoms with E-state index in [0.29, 0.717) is 11.5 Å². The molecular weight excluding hydrogens is 621 g/mol. The number of aromatic nitrogens is 1. The van der Waals surface area contributed by atoms with Crippen molar-refractivity contribution in [2.45, 2.75) is 0 Å². The van der Waals surface area contributed by atoms with Crippen molar-refractivity contribution >= 4 is 21.9 Å². The third-order valence-electron chi connectivity index (χ3n) is 9.60. The third-order valence-corrected chi connectivity index (χ3v) is 9.60. The van der Waals surface area contributed by atoms with Crippen LogP contribution in [0, 0.1) is 11.3 Å². The van der Waals surface area contributed by atoms with Crippen LogP contribution < -0.4 is 0 Å². The zero-order valence-corrected chi connectivity index (χ0v) is 27.6. The second kappa shape index (κ2) is 12.8. The number of benzene rings is 8. The van der Waals surface area contributed by atoms with E-state index in [0.717, 1.165) is 61.2 Å². The summed E-state index contributed by atoms with van der Waals surface area (Å²) in [5, 5.41) is 11.5. The largest absolute Gasteiger partial charge is 0.436 e. The third kappa shape index (κ3) is 5.65. The van der Waals surface area contributed by atoms with Crippen molar-refractivity contribution < 1.29 is 4.42 Å². The Hall–Kier alpha value is -7.02. The monoisotopic (exact) mass is 650 g/mol. The van der Waals surface area contributed by atoms with Crippen LogP contribution in [0.5, 0.6) is 0 Å². The van der Waals surface area contributed by atoms with Crippen molar-refractivity contribution in [3.05, 3.63) is 188 Å². The van der Waals surface area contributed by atoms with Crippen molar-refractivity contribution in [1.29, 1.82) is 5.26 Å². The number of oxazole rings is 1. The van der Waals surface area contributed by atoms with Gasteiger partial charge in [0.1, 0.15) is 5.52 Å². The van der Waals surface area contributed by atoms with Gasteiger partial charge in [-0.15, -0.1) is 0 Å². The van der Waals surface area contributed by atoms with Crippen LogP contribution >= 0.6 is 0 Å². The zero-order chi connectivity index (χ0) is 34.1. The summed E-state index contributed by atoms with van der Waals surface area (Å²) in [5.41, 5.74) is 14.5. The number of nitrogens with zero attached hydrogens (tertiary/aromatic N) is 2. The number of hydrogen-bond donors (Lipinski definition) is 0. The molecule has 9 rings (SSSR count). The highest BCUT2D eigenvalue weighted by molar-refractivity contribution is 6.05. The van der Waals surface area contributed by atoms with Crippen molar-refractivity contribution in [2.24, 2.45) is 0 Å². The van der Waals surface area contributed by atoms with Gasteiger partial charge in [0.05, 0.1) is 11.6 Å².